The molecule has 0 fully saturated rings. The minimum Gasteiger partial charge on any atom is -0.486 e. The third-order valence-electron chi connectivity index (χ3n) is 3.01. The van der Waals surface area contributed by atoms with E-state index in [9.17, 15) is 4.39 Å². The molecule has 4 heteroatoms. The Morgan fingerprint density at radius 1 is 1.22 bits per heavy atom. The van der Waals surface area contributed by atoms with E-state index in [1.807, 2.05) is 6.07 Å². The van der Waals surface area contributed by atoms with Crippen LogP contribution in [0.1, 0.15) is 31.4 Å². The predicted molar refractivity (Wildman–Crippen MR) is 67.0 cm³/mol. The summed E-state index contributed by atoms with van der Waals surface area (Å²) in [6.45, 7) is 4.17. The highest BCUT2D eigenvalue weighted by atomic mass is 19.1. The van der Waals surface area contributed by atoms with E-state index in [2.05, 4.69) is 0 Å². The van der Waals surface area contributed by atoms with E-state index in [1.165, 1.54) is 13.8 Å². The molecular weight excluding hydrogens is 235 g/mol. The summed E-state index contributed by atoms with van der Waals surface area (Å²) < 4.78 is 25.2. The van der Waals surface area contributed by atoms with E-state index in [0.717, 1.165) is 5.56 Å². The van der Waals surface area contributed by atoms with Crippen LogP contribution in [0.15, 0.2) is 12.1 Å². The van der Waals surface area contributed by atoms with Gasteiger partial charge in [-0.15, -0.1) is 0 Å². The van der Waals surface area contributed by atoms with Crippen molar-refractivity contribution < 1.29 is 19.0 Å². The zero-order valence-electron chi connectivity index (χ0n) is 10.8. The Hall–Kier alpha value is -1.29. The number of aliphatic hydroxyl groups is 1. The fourth-order valence-electron chi connectivity index (χ4n) is 2.16. The van der Waals surface area contributed by atoms with Crippen molar-refractivity contribution in [1.82, 2.24) is 0 Å². The van der Waals surface area contributed by atoms with Crippen LogP contribution in [-0.2, 0) is 12.1 Å². The summed E-state index contributed by atoms with van der Waals surface area (Å²) in [4.78, 5) is 0. The number of rotatable bonds is 4. The molecule has 0 aromatic heterocycles. The Morgan fingerprint density at radius 3 is 2.39 bits per heavy atom. The van der Waals surface area contributed by atoms with Gasteiger partial charge in [-0.25, -0.2) is 4.39 Å². The Bertz CT molecular complexity index is 424. The van der Waals surface area contributed by atoms with E-state index in [4.69, 9.17) is 14.6 Å². The number of alkyl halides is 1. The van der Waals surface area contributed by atoms with Crippen molar-refractivity contribution in [2.75, 3.05) is 19.8 Å². The van der Waals surface area contributed by atoms with E-state index < -0.39 is 5.67 Å². The third kappa shape index (κ3) is 2.75. The largest absolute Gasteiger partial charge is 0.486 e. The minimum absolute atomic E-state index is 0.0978. The molecule has 0 aliphatic carbocycles. The molecule has 0 bridgehead atoms. The van der Waals surface area contributed by atoms with Crippen molar-refractivity contribution in [2.24, 2.45) is 0 Å². The van der Waals surface area contributed by atoms with Gasteiger partial charge >= 0.3 is 0 Å². The lowest BCUT2D eigenvalue weighted by Crippen LogP contribution is -2.19. The standard InChI is InChI=1S/C14H19FO3/c1-14(2,15)11-9-13-12(17-6-7-18-13)8-10(11)4-3-5-16/h8-9,16H,3-7H2,1-2H3. The summed E-state index contributed by atoms with van der Waals surface area (Å²) in [5, 5.41) is 8.91. The summed E-state index contributed by atoms with van der Waals surface area (Å²) in [6.07, 6.45) is 1.25. The average molecular weight is 254 g/mol. The molecule has 2 rings (SSSR count). The van der Waals surface area contributed by atoms with Crippen molar-refractivity contribution in [1.29, 1.82) is 0 Å². The summed E-state index contributed by atoms with van der Waals surface area (Å²) >= 11 is 0. The van der Waals surface area contributed by atoms with E-state index in [-0.39, 0.29) is 6.61 Å². The Morgan fingerprint density at radius 2 is 1.83 bits per heavy atom. The molecule has 1 aromatic rings. The van der Waals surface area contributed by atoms with Crippen molar-refractivity contribution in [3.8, 4) is 11.5 Å². The van der Waals surface area contributed by atoms with Crippen LogP contribution in [0.4, 0.5) is 4.39 Å². The lowest BCUT2D eigenvalue weighted by Gasteiger charge is -2.25. The molecule has 1 aromatic carbocycles. The van der Waals surface area contributed by atoms with Gasteiger partial charge in [0.05, 0.1) is 0 Å². The molecule has 1 N–H and O–H groups in total. The van der Waals surface area contributed by atoms with Crippen LogP contribution >= 0.6 is 0 Å². The smallest absolute Gasteiger partial charge is 0.161 e. The third-order valence-corrected chi connectivity index (χ3v) is 3.01. The number of hydrogen-bond acceptors (Lipinski definition) is 3. The van der Waals surface area contributed by atoms with Crippen LogP contribution in [0.25, 0.3) is 0 Å². The maximum Gasteiger partial charge on any atom is 0.161 e. The number of hydrogen-bond donors (Lipinski definition) is 1. The van der Waals surface area contributed by atoms with Gasteiger partial charge in [0.15, 0.2) is 11.5 Å². The fourth-order valence-corrected chi connectivity index (χ4v) is 2.16. The molecule has 0 unspecified atom stereocenters. The molecule has 1 heterocycles. The van der Waals surface area contributed by atoms with Crippen molar-refractivity contribution in [2.45, 2.75) is 32.4 Å². The highest BCUT2D eigenvalue weighted by Gasteiger charge is 2.26. The summed E-state index contributed by atoms with van der Waals surface area (Å²) in [7, 11) is 0. The van der Waals surface area contributed by atoms with Crippen molar-refractivity contribution in [3.63, 3.8) is 0 Å². The topological polar surface area (TPSA) is 38.7 Å². The minimum atomic E-state index is -1.43. The Balaban J connectivity index is 2.41. The van der Waals surface area contributed by atoms with Crippen LogP contribution in [-0.4, -0.2) is 24.9 Å². The highest BCUT2D eigenvalue weighted by Crippen LogP contribution is 2.38. The van der Waals surface area contributed by atoms with E-state index >= 15 is 0 Å². The number of aliphatic hydroxyl groups excluding tert-OH is 1. The molecule has 0 amide bonds. The molecule has 0 radical (unpaired) electrons. The lowest BCUT2D eigenvalue weighted by molar-refractivity contribution is 0.168. The molecule has 3 nitrogen and oxygen atoms in total. The van der Waals surface area contributed by atoms with E-state index in [1.54, 1.807) is 6.07 Å². The highest BCUT2D eigenvalue weighted by molar-refractivity contribution is 5.49. The second-order valence-corrected chi connectivity index (χ2v) is 4.95. The Kier molecular flexibility index (Phi) is 3.76. The van der Waals surface area contributed by atoms with Gasteiger partial charge in [0.1, 0.15) is 18.9 Å². The monoisotopic (exact) mass is 254 g/mol. The molecule has 100 valence electrons. The summed E-state index contributed by atoms with van der Waals surface area (Å²) in [5.74, 6) is 1.27. The number of ether oxygens (including phenoxy) is 2. The van der Waals surface area contributed by atoms with Gasteiger partial charge in [0.2, 0.25) is 0 Å². The van der Waals surface area contributed by atoms with Gasteiger partial charge in [-0.1, -0.05) is 0 Å². The summed E-state index contributed by atoms with van der Waals surface area (Å²) in [5.41, 5.74) is 0.0571. The molecule has 1 aliphatic rings. The fraction of sp³-hybridized carbons (Fsp3) is 0.571. The van der Waals surface area contributed by atoms with Crippen LogP contribution < -0.4 is 9.47 Å². The normalized spacial score (nSPS) is 14.7. The average Bonchev–Trinajstić information content (AvgIpc) is 2.34. The van der Waals surface area contributed by atoms with Crippen LogP contribution in [0, 0.1) is 0 Å². The first-order valence-corrected chi connectivity index (χ1v) is 6.25. The maximum absolute atomic E-state index is 14.2. The molecule has 0 saturated heterocycles. The van der Waals surface area contributed by atoms with Crippen LogP contribution in [0.2, 0.25) is 0 Å². The number of aryl methyl sites for hydroxylation is 1. The number of benzene rings is 1. The first-order chi connectivity index (χ1) is 8.52. The van der Waals surface area contributed by atoms with Gasteiger partial charge in [-0.3, -0.25) is 0 Å². The van der Waals surface area contributed by atoms with Crippen molar-refractivity contribution >= 4 is 0 Å². The van der Waals surface area contributed by atoms with Crippen LogP contribution in [0.5, 0.6) is 11.5 Å². The second kappa shape index (κ2) is 5.14. The predicted octanol–water partition coefficient (Wildman–Crippen LogP) is 2.59. The molecule has 1 aliphatic heterocycles. The number of halogens is 1. The van der Waals surface area contributed by atoms with Gasteiger partial charge < -0.3 is 14.6 Å². The molecular formula is C14H19FO3. The summed E-state index contributed by atoms with van der Waals surface area (Å²) in [6, 6.07) is 3.56. The van der Waals surface area contributed by atoms with E-state index in [0.29, 0.717) is 43.1 Å². The Labute approximate surface area is 107 Å². The second-order valence-electron chi connectivity index (χ2n) is 4.95. The molecule has 0 atom stereocenters. The van der Waals surface area contributed by atoms with Gasteiger partial charge in [-0.2, -0.15) is 0 Å². The molecule has 0 saturated carbocycles. The molecule has 18 heavy (non-hydrogen) atoms. The molecule has 0 spiro atoms. The lowest BCUT2D eigenvalue weighted by atomic mass is 9.91. The zero-order chi connectivity index (χ0) is 13.2. The first kappa shape index (κ1) is 13.1. The quantitative estimate of drug-likeness (QED) is 0.897. The maximum atomic E-state index is 14.2. The van der Waals surface area contributed by atoms with Crippen LogP contribution in [0.3, 0.4) is 0 Å². The van der Waals surface area contributed by atoms with Gasteiger partial charge in [0.25, 0.3) is 0 Å². The van der Waals surface area contributed by atoms with Gasteiger partial charge in [-0.05, 0) is 49.9 Å². The SMILES string of the molecule is CC(C)(F)c1cc2c(cc1CCCO)OCCO2. The first-order valence-electron chi connectivity index (χ1n) is 6.25. The zero-order valence-corrected chi connectivity index (χ0v) is 10.8. The van der Waals surface area contributed by atoms with Crippen molar-refractivity contribution in [3.05, 3.63) is 23.3 Å². The van der Waals surface area contributed by atoms with Gasteiger partial charge in [0, 0.05) is 6.61 Å². The number of fused-ring (bicyclic) bond motifs is 1.